The quantitative estimate of drug-likeness (QED) is 0.753. The highest BCUT2D eigenvalue weighted by Crippen LogP contribution is 2.27. The third kappa shape index (κ3) is 3.74. The Morgan fingerprint density at radius 2 is 2.15 bits per heavy atom. The summed E-state index contributed by atoms with van der Waals surface area (Å²) in [4.78, 5) is 11.5. The Morgan fingerprint density at radius 1 is 1.30 bits per heavy atom. The van der Waals surface area contributed by atoms with Crippen LogP contribution in [0.4, 0.5) is 0 Å². The van der Waals surface area contributed by atoms with Crippen molar-refractivity contribution in [3.8, 4) is 11.5 Å². The maximum Gasteiger partial charge on any atom is 0.344 e. The van der Waals surface area contributed by atoms with Gasteiger partial charge in [-0.15, -0.1) is 0 Å². The van der Waals surface area contributed by atoms with E-state index in [0.29, 0.717) is 17.2 Å². The van der Waals surface area contributed by atoms with Gasteiger partial charge in [-0.3, -0.25) is 0 Å². The Hall–Kier alpha value is -2.50. The molecule has 0 aliphatic heterocycles. The first-order valence-electron chi connectivity index (χ1n) is 6.01. The van der Waals surface area contributed by atoms with Crippen LogP contribution in [0.25, 0.3) is 0 Å². The number of ether oxygens (including phenoxy) is 3. The van der Waals surface area contributed by atoms with Crippen LogP contribution < -0.4 is 9.47 Å². The van der Waals surface area contributed by atoms with E-state index in [9.17, 15) is 4.79 Å². The lowest BCUT2D eigenvalue weighted by molar-refractivity contribution is -0.147. The van der Waals surface area contributed by atoms with Crippen LogP contribution in [0.1, 0.15) is 11.3 Å². The number of aromatic nitrogens is 1. The van der Waals surface area contributed by atoms with Gasteiger partial charge in [0.15, 0.2) is 18.1 Å². The lowest BCUT2D eigenvalue weighted by Crippen LogP contribution is -2.15. The Morgan fingerprint density at radius 3 is 2.85 bits per heavy atom. The number of esters is 1. The first kappa shape index (κ1) is 13.9. The molecule has 20 heavy (non-hydrogen) atoms. The van der Waals surface area contributed by atoms with E-state index in [4.69, 9.17) is 14.2 Å². The lowest BCUT2D eigenvalue weighted by Gasteiger charge is -2.10. The molecule has 0 bridgehead atoms. The highest BCUT2D eigenvalue weighted by molar-refractivity contribution is 5.71. The van der Waals surface area contributed by atoms with E-state index < -0.39 is 5.97 Å². The summed E-state index contributed by atoms with van der Waals surface area (Å²) in [5.41, 5.74) is 1.59. The summed E-state index contributed by atoms with van der Waals surface area (Å²) in [5, 5.41) is 3.63. The maximum absolute atomic E-state index is 11.5. The third-order valence-electron chi connectivity index (χ3n) is 2.54. The average Bonchev–Trinajstić information content (AvgIpc) is 2.97. The van der Waals surface area contributed by atoms with Gasteiger partial charge in [0.25, 0.3) is 0 Å². The molecule has 6 heteroatoms. The van der Waals surface area contributed by atoms with Crippen LogP contribution in [0.2, 0.25) is 0 Å². The zero-order chi connectivity index (χ0) is 14.4. The van der Waals surface area contributed by atoms with Crippen molar-refractivity contribution in [2.24, 2.45) is 0 Å². The molecule has 2 aromatic rings. The maximum atomic E-state index is 11.5. The predicted octanol–water partition coefficient (Wildman–Crippen LogP) is 2.11. The predicted molar refractivity (Wildman–Crippen MR) is 69.5 cm³/mol. The molecule has 1 aromatic carbocycles. The molecule has 106 valence electrons. The van der Waals surface area contributed by atoms with Gasteiger partial charge in [-0.1, -0.05) is 11.2 Å². The second-order valence-corrected chi connectivity index (χ2v) is 4.09. The van der Waals surface area contributed by atoms with E-state index in [1.54, 1.807) is 19.2 Å². The molecular weight excluding hydrogens is 262 g/mol. The molecule has 0 saturated carbocycles. The smallest absolute Gasteiger partial charge is 0.344 e. The highest BCUT2D eigenvalue weighted by Gasteiger charge is 2.09. The van der Waals surface area contributed by atoms with Gasteiger partial charge in [-0.25, -0.2) is 4.79 Å². The fraction of sp³-hybridized carbons (Fsp3) is 0.286. The number of hydrogen-bond donors (Lipinski definition) is 0. The van der Waals surface area contributed by atoms with Crippen molar-refractivity contribution in [2.75, 3.05) is 13.7 Å². The molecular formula is C14H15NO5. The fourth-order valence-corrected chi connectivity index (χ4v) is 1.54. The van der Waals surface area contributed by atoms with E-state index in [1.807, 2.05) is 19.1 Å². The molecule has 0 radical (unpaired) electrons. The topological polar surface area (TPSA) is 70.8 Å². The molecule has 0 aliphatic carbocycles. The number of rotatable bonds is 6. The third-order valence-corrected chi connectivity index (χ3v) is 2.54. The number of aryl methyl sites for hydroxylation is 1. The average molecular weight is 277 g/mol. The van der Waals surface area contributed by atoms with Crippen molar-refractivity contribution < 1.29 is 23.5 Å². The molecule has 0 amide bonds. The van der Waals surface area contributed by atoms with E-state index >= 15 is 0 Å². The summed E-state index contributed by atoms with van der Waals surface area (Å²) >= 11 is 0. The minimum absolute atomic E-state index is 0.0593. The van der Waals surface area contributed by atoms with Crippen LogP contribution in [0.3, 0.4) is 0 Å². The Kier molecular flexibility index (Phi) is 4.60. The Labute approximate surface area is 116 Å². The van der Waals surface area contributed by atoms with Gasteiger partial charge in [-0.05, 0) is 24.6 Å². The minimum atomic E-state index is -0.490. The van der Waals surface area contributed by atoms with E-state index in [0.717, 1.165) is 5.56 Å². The summed E-state index contributed by atoms with van der Waals surface area (Å²) in [6.07, 6.45) is 1.41. The lowest BCUT2D eigenvalue weighted by atomic mass is 10.2. The van der Waals surface area contributed by atoms with E-state index in [2.05, 4.69) is 9.68 Å². The number of carbonyl (C=O) groups excluding carboxylic acids is 1. The molecule has 2 rings (SSSR count). The number of methoxy groups -OCH3 is 1. The molecule has 0 N–H and O–H groups in total. The molecule has 0 fully saturated rings. The van der Waals surface area contributed by atoms with Gasteiger partial charge >= 0.3 is 5.97 Å². The van der Waals surface area contributed by atoms with Gasteiger partial charge < -0.3 is 18.7 Å². The largest absolute Gasteiger partial charge is 0.493 e. The van der Waals surface area contributed by atoms with Crippen LogP contribution >= 0.6 is 0 Å². The van der Waals surface area contributed by atoms with Crippen LogP contribution in [-0.4, -0.2) is 24.8 Å². The van der Waals surface area contributed by atoms with Crippen LogP contribution in [-0.2, 0) is 16.1 Å². The summed E-state index contributed by atoms with van der Waals surface area (Å²) in [6, 6.07) is 7.07. The number of nitrogens with zero attached hydrogens (tertiary/aromatic N) is 1. The summed E-state index contributed by atoms with van der Waals surface area (Å²) < 4.78 is 20.2. The second kappa shape index (κ2) is 6.60. The van der Waals surface area contributed by atoms with Crippen molar-refractivity contribution in [2.45, 2.75) is 13.5 Å². The van der Waals surface area contributed by atoms with E-state index in [1.165, 1.54) is 6.26 Å². The molecule has 1 aromatic heterocycles. The molecule has 1 heterocycles. The molecule has 0 aliphatic rings. The second-order valence-electron chi connectivity index (χ2n) is 4.09. The first-order chi connectivity index (χ1) is 9.69. The van der Waals surface area contributed by atoms with Crippen molar-refractivity contribution in [3.63, 3.8) is 0 Å². The normalized spacial score (nSPS) is 10.1. The van der Waals surface area contributed by atoms with Crippen LogP contribution in [0, 0.1) is 6.92 Å². The van der Waals surface area contributed by atoms with Crippen molar-refractivity contribution in [1.82, 2.24) is 5.16 Å². The highest BCUT2D eigenvalue weighted by atomic mass is 16.6. The minimum Gasteiger partial charge on any atom is -0.493 e. The van der Waals surface area contributed by atoms with Gasteiger partial charge in [0.05, 0.1) is 7.11 Å². The summed E-state index contributed by atoms with van der Waals surface area (Å²) in [5.74, 6) is 0.585. The molecule has 0 spiro atoms. The number of carbonyl (C=O) groups is 1. The van der Waals surface area contributed by atoms with Gasteiger partial charge in [0, 0.05) is 6.07 Å². The zero-order valence-electron chi connectivity index (χ0n) is 11.3. The number of hydrogen-bond acceptors (Lipinski definition) is 6. The van der Waals surface area contributed by atoms with Crippen LogP contribution in [0.15, 0.2) is 35.1 Å². The standard InChI is InChI=1S/C14H15NO5/c1-10-3-4-12(13(7-10)17-2)18-9-14(16)19-8-11-5-6-20-15-11/h3-7H,8-9H2,1-2H3. The first-order valence-corrected chi connectivity index (χ1v) is 6.01. The SMILES string of the molecule is COc1cc(C)ccc1OCC(=O)OCc1ccon1. The van der Waals surface area contributed by atoms with Crippen LogP contribution in [0.5, 0.6) is 11.5 Å². The zero-order valence-corrected chi connectivity index (χ0v) is 11.3. The molecule has 0 saturated heterocycles. The molecule has 6 nitrogen and oxygen atoms in total. The van der Waals surface area contributed by atoms with Crippen molar-refractivity contribution >= 4 is 5.97 Å². The Balaban J connectivity index is 1.84. The summed E-state index contributed by atoms with van der Waals surface area (Å²) in [7, 11) is 1.55. The fourth-order valence-electron chi connectivity index (χ4n) is 1.54. The number of benzene rings is 1. The van der Waals surface area contributed by atoms with Gasteiger partial charge in [0.2, 0.25) is 0 Å². The molecule has 0 unspecified atom stereocenters. The van der Waals surface area contributed by atoms with Gasteiger partial charge in [0.1, 0.15) is 18.6 Å². The van der Waals surface area contributed by atoms with E-state index in [-0.39, 0.29) is 13.2 Å². The monoisotopic (exact) mass is 277 g/mol. The molecule has 0 atom stereocenters. The van der Waals surface area contributed by atoms with Crippen molar-refractivity contribution in [3.05, 3.63) is 41.8 Å². The Bertz CT molecular complexity index is 565. The van der Waals surface area contributed by atoms with Gasteiger partial charge in [-0.2, -0.15) is 0 Å². The van der Waals surface area contributed by atoms with Crippen molar-refractivity contribution in [1.29, 1.82) is 0 Å². The summed E-state index contributed by atoms with van der Waals surface area (Å²) in [6.45, 7) is 1.81.